The third kappa shape index (κ3) is 7.03. The van der Waals surface area contributed by atoms with Crippen molar-refractivity contribution in [3.63, 3.8) is 0 Å². The van der Waals surface area contributed by atoms with Crippen LogP contribution < -0.4 is 10.6 Å². The zero-order valence-electron chi connectivity index (χ0n) is 20.3. The molecule has 0 saturated carbocycles. The number of likely N-dealkylation sites (N-methyl/N-ethyl adjacent to an activating group) is 1. The molecule has 2 aromatic carbocycles. The standard InChI is InChI=1S/C26H33N3O6/c1-26(34,16-29(2)3)15-27-24(32)22(12-13-23(30)31)28-25(33)35-14-21-19-10-6-4-8-17(19)18-9-5-7-11-20(18)21/h4-11,21-22,34H,12-16H2,1-3H3,(H,27,32)(H,28,33)(H,30,31). The largest absolute Gasteiger partial charge is 0.481 e. The molecule has 35 heavy (non-hydrogen) atoms. The summed E-state index contributed by atoms with van der Waals surface area (Å²) in [6, 6.07) is 14.8. The lowest BCUT2D eigenvalue weighted by Crippen LogP contribution is -2.52. The van der Waals surface area contributed by atoms with E-state index < -0.39 is 29.6 Å². The molecule has 188 valence electrons. The Labute approximate surface area is 205 Å². The summed E-state index contributed by atoms with van der Waals surface area (Å²) in [6.07, 6.45) is -1.23. The minimum atomic E-state index is -1.19. The van der Waals surface area contributed by atoms with Crippen molar-refractivity contribution in [2.75, 3.05) is 33.8 Å². The summed E-state index contributed by atoms with van der Waals surface area (Å²) < 4.78 is 5.49. The van der Waals surface area contributed by atoms with Crippen LogP contribution in [0.2, 0.25) is 0 Å². The molecule has 9 nitrogen and oxygen atoms in total. The molecule has 2 amide bonds. The number of carbonyl (C=O) groups is 3. The number of alkyl carbamates (subject to hydrolysis) is 1. The Balaban J connectivity index is 1.63. The topological polar surface area (TPSA) is 128 Å². The average molecular weight is 484 g/mol. The van der Waals surface area contributed by atoms with Crippen LogP contribution in [-0.2, 0) is 14.3 Å². The van der Waals surface area contributed by atoms with Crippen molar-refractivity contribution >= 4 is 18.0 Å². The van der Waals surface area contributed by atoms with E-state index in [1.54, 1.807) is 25.9 Å². The molecule has 2 atom stereocenters. The van der Waals surface area contributed by atoms with E-state index in [1.807, 2.05) is 48.5 Å². The molecule has 0 radical (unpaired) electrons. The van der Waals surface area contributed by atoms with Crippen LogP contribution >= 0.6 is 0 Å². The number of nitrogens with one attached hydrogen (secondary N) is 2. The number of carboxylic acids is 1. The zero-order valence-corrected chi connectivity index (χ0v) is 20.3. The average Bonchev–Trinajstić information content (AvgIpc) is 3.11. The lowest BCUT2D eigenvalue weighted by Gasteiger charge is -2.28. The molecule has 3 rings (SSSR count). The molecule has 4 N–H and O–H groups in total. The van der Waals surface area contributed by atoms with Gasteiger partial charge in [0.1, 0.15) is 12.6 Å². The van der Waals surface area contributed by atoms with E-state index >= 15 is 0 Å². The van der Waals surface area contributed by atoms with Crippen molar-refractivity contribution in [2.45, 2.75) is 37.3 Å². The summed E-state index contributed by atoms with van der Waals surface area (Å²) in [5.74, 6) is -1.81. The summed E-state index contributed by atoms with van der Waals surface area (Å²) in [4.78, 5) is 38.2. The van der Waals surface area contributed by atoms with Gasteiger partial charge in [-0.25, -0.2) is 4.79 Å². The minimum Gasteiger partial charge on any atom is -0.481 e. The van der Waals surface area contributed by atoms with Crippen molar-refractivity contribution in [1.82, 2.24) is 15.5 Å². The van der Waals surface area contributed by atoms with Crippen LogP contribution in [0, 0.1) is 0 Å². The number of hydrogen-bond donors (Lipinski definition) is 4. The quantitative estimate of drug-likeness (QED) is 0.386. The number of aliphatic carboxylic acids is 1. The number of amides is 2. The predicted octanol–water partition coefficient (Wildman–Crippen LogP) is 2.19. The Bertz CT molecular complexity index is 1020. The molecule has 0 heterocycles. The van der Waals surface area contributed by atoms with Crippen molar-refractivity contribution < 1.29 is 29.3 Å². The van der Waals surface area contributed by atoms with E-state index in [-0.39, 0.29) is 31.9 Å². The van der Waals surface area contributed by atoms with Gasteiger partial charge in [-0.2, -0.15) is 0 Å². The highest BCUT2D eigenvalue weighted by Crippen LogP contribution is 2.44. The summed E-state index contributed by atoms with van der Waals surface area (Å²) in [5.41, 5.74) is 3.12. The van der Waals surface area contributed by atoms with E-state index in [4.69, 9.17) is 9.84 Å². The minimum absolute atomic E-state index is 0.0556. The highest BCUT2D eigenvalue weighted by atomic mass is 16.5. The molecule has 9 heteroatoms. The van der Waals surface area contributed by atoms with Gasteiger partial charge in [0.25, 0.3) is 0 Å². The molecule has 0 bridgehead atoms. The molecule has 2 aromatic rings. The Kier molecular flexibility index (Phi) is 8.48. The number of nitrogens with zero attached hydrogens (tertiary/aromatic N) is 1. The van der Waals surface area contributed by atoms with Gasteiger partial charge >= 0.3 is 12.1 Å². The summed E-state index contributed by atoms with van der Waals surface area (Å²) in [6.45, 7) is 1.91. The summed E-state index contributed by atoms with van der Waals surface area (Å²) in [5, 5.41) is 24.6. The van der Waals surface area contributed by atoms with Crippen molar-refractivity contribution in [1.29, 1.82) is 0 Å². The van der Waals surface area contributed by atoms with Crippen LogP contribution in [0.5, 0.6) is 0 Å². The van der Waals surface area contributed by atoms with E-state index in [1.165, 1.54) is 0 Å². The second-order valence-electron chi connectivity index (χ2n) is 9.41. The van der Waals surface area contributed by atoms with Crippen LogP contribution in [-0.4, -0.2) is 78.5 Å². The van der Waals surface area contributed by atoms with Gasteiger partial charge in [-0.15, -0.1) is 0 Å². The third-order valence-electron chi connectivity index (χ3n) is 5.90. The lowest BCUT2D eigenvalue weighted by atomic mass is 9.98. The van der Waals surface area contributed by atoms with Gasteiger partial charge in [-0.05, 0) is 49.7 Å². The molecule has 0 aliphatic heterocycles. The first kappa shape index (κ1) is 26.2. The van der Waals surface area contributed by atoms with E-state index in [0.29, 0.717) is 6.54 Å². The third-order valence-corrected chi connectivity index (χ3v) is 5.90. The molecule has 2 unspecified atom stereocenters. The first-order valence-electron chi connectivity index (χ1n) is 11.6. The number of carbonyl (C=O) groups excluding carboxylic acids is 2. The molecule has 0 spiro atoms. The Morgan fingerprint density at radius 3 is 2.17 bits per heavy atom. The normalized spacial score (nSPS) is 15.0. The second kappa shape index (κ2) is 11.3. The van der Waals surface area contributed by atoms with Crippen LogP contribution in [0.1, 0.15) is 36.8 Å². The second-order valence-corrected chi connectivity index (χ2v) is 9.41. The number of fused-ring (bicyclic) bond motifs is 3. The molecule has 0 aromatic heterocycles. The Morgan fingerprint density at radius 2 is 1.63 bits per heavy atom. The van der Waals surface area contributed by atoms with Gasteiger partial charge in [0.15, 0.2) is 0 Å². The maximum Gasteiger partial charge on any atom is 0.407 e. The van der Waals surface area contributed by atoms with Gasteiger partial charge in [-0.1, -0.05) is 48.5 Å². The number of rotatable bonds is 11. The fraction of sp³-hybridized carbons (Fsp3) is 0.423. The summed E-state index contributed by atoms with van der Waals surface area (Å²) >= 11 is 0. The van der Waals surface area contributed by atoms with E-state index in [2.05, 4.69) is 10.6 Å². The van der Waals surface area contributed by atoms with Crippen molar-refractivity contribution in [2.24, 2.45) is 0 Å². The Morgan fingerprint density at radius 1 is 1.06 bits per heavy atom. The lowest BCUT2D eigenvalue weighted by molar-refractivity contribution is -0.137. The highest BCUT2D eigenvalue weighted by Gasteiger charge is 2.30. The molecule has 1 aliphatic rings. The van der Waals surface area contributed by atoms with E-state index in [0.717, 1.165) is 22.3 Å². The molecule has 0 saturated heterocycles. The molecular weight excluding hydrogens is 450 g/mol. The maximum absolute atomic E-state index is 12.7. The van der Waals surface area contributed by atoms with Gasteiger partial charge in [0.2, 0.25) is 5.91 Å². The monoisotopic (exact) mass is 483 g/mol. The van der Waals surface area contributed by atoms with Crippen LogP contribution in [0.3, 0.4) is 0 Å². The number of carboxylic acid groups (broad SMARTS) is 1. The zero-order chi connectivity index (χ0) is 25.6. The first-order valence-corrected chi connectivity index (χ1v) is 11.6. The SMILES string of the molecule is CN(C)CC(C)(O)CNC(=O)C(CCC(=O)O)NC(=O)OCC1c2ccccc2-c2ccccc21. The van der Waals surface area contributed by atoms with Crippen molar-refractivity contribution in [3.8, 4) is 11.1 Å². The molecular formula is C26H33N3O6. The number of ether oxygens (including phenoxy) is 1. The molecule has 1 aliphatic carbocycles. The fourth-order valence-corrected chi connectivity index (χ4v) is 4.46. The van der Waals surface area contributed by atoms with Gasteiger partial charge in [0.05, 0.1) is 5.60 Å². The molecule has 0 fully saturated rings. The summed E-state index contributed by atoms with van der Waals surface area (Å²) in [7, 11) is 3.59. The van der Waals surface area contributed by atoms with Gasteiger partial charge in [-0.3, -0.25) is 9.59 Å². The number of aliphatic hydroxyl groups is 1. The van der Waals surface area contributed by atoms with Crippen LogP contribution in [0.4, 0.5) is 4.79 Å². The van der Waals surface area contributed by atoms with Crippen molar-refractivity contribution in [3.05, 3.63) is 59.7 Å². The number of hydrogen-bond acceptors (Lipinski definition) is 6. The predicted molar refractivity (Wildman–Crippen MR) is 131 cm³/mol. The van der Waals surface area contributed by atoms with Gasteiger partial charge in [0, 0.05) is 25.4 Å². The smallest absolute Gasteiger partial charge is 0.407 e. The van der Waals surface area contributed by atoms with Crippen LogP contribution in [0.25, 0.3) is 11.1 Å². The first-order chi connectivity index (χ1) is 16.6. The Hall–Kier alpha value is -3.43. The maximum atomic E-state index is 12.7. The highest BCUT2D eigenvalue weighted by molar-refractivity contribution is 5.86. The van der Waals surface area contributed by atoms with Gasteiger partial charge < -0.3 is 30.5 Å². The fourth-order valence-electron chi connectivity index (χ4n) is 4.46. The number of benzene rings is 2. The van der Waals surface area contributed by atoms with E-state index in [9.17, 15) is 19.5 Å². The van der Waals surface area contributed by atoms with Crippen LogP contribution in [0.15, 0.2) is 48.5 Å².